The summed E-state index contributed by atoms with van der Waals surface area (Å²) in [6, 6.07) is 9.36. The SMILES string of the molecule is CCc1c(N2CCN(C(=O)c3ccncc3O)CC2)c(=O)n2nc(C3=CCCCCC3)nc2n1CC(=O)Nc1ccc(C(C)(C)C)cc1. The molecule has 4 aromatic rings. The number of pyridine rings is 1. The average molecular weight is 653 g/mol. The van der Waals surface area contributed by atoms with E-state index in [1.807, 2.05) is 40.7 Å². The van der Waals surface area contributed by atoms with Gasteiger partial charge in [-0.2, -0.15) is 9.50 Å². The van der Waals surface area contributed by atoms with E-state index in [0.717, 1.165) is 37.7 Å². The topological polar surface area (TPSA) is 138 Å². The molecule has 2 amide bonds. The Hall–Kier alpha value is -5.00. The molecule has 2 aliphatic rings. The fourth-order valence-corrected chi connectivity index (χ4v) is 6.55. The number of allylic oxidation sites excluding steroid dienone is 2. The summed E-state index contributed by atoms with van der Waals surface area (Å²) in [5, 5.41) is 17.9. The Morgan fingerprint density at radius 2 is 1.75 bits per heavy atom. The number of hydrogen-bond donors (Lipinski definition) is 2. The molecular weight excluding hydrogens is 608 g/mol. The highest BCUT2D eigenvalue weighted by Crippen LogP contribution is 2.27. The van der Waals surface area contributed by atoms with Gasteiger partial charge >= 0.3 is 0 Å². The van der Waals surface area contributed by atoms with Gasteiger partial charge in [0.1, 0.15) is 18.0 Å². The Balaban J connectivity index is 1.34. The van der Waals surface area contributed by atoms with Crippen LogP contribution in [0.25, 0.3) is 11.4 Å². The van der Waals surface area contributed by atoms with E-state index in [-0.39, 0.29) is 40.6 Å². The van der Waals surface area contributed by atoms with Crippen LogP contribution in [0.5, 0.6) is 5.75 Å². The molecular formula is C36H44N8O4. The van der Waals surface area contributed by atoms with Crippen LogP contribution in [0.4, 0.5) is 11.4 Å². The first kappa shape index (κ1) is 32.9. The van der Waals surface area contributed by atoms with Crippen molar-refractivity contribution in [3.05, 3.63) is 81.8 Å². The van der Waals surface area contributed by atoms with Crippen LogP contribution in [0, 0.1) is 0 Å². The number of anilines is 2. The molecule has 0 atom stereocenters. The van der Waals surface area contributed by atoms with E-state index in [9.17, 15) is 19.5 Å². The minimum atomic E-state index is -0.296. The van der Waals surface area contributed by atoms with Crippen LogP contribution in [0.2, 0.25) is 0 Å². The van der Waals surface area contributed by atoms with Gasteiger partial charge in [0.15, 0.2) is 5.82 Å². The van der Waals surface area contributed by atoms with Crippen molar-refractivity contribution in [2.75, 3.05) is 36.4 Å². The van der Waals surface area contributed by atoms with Crippen molar-refractivity contribution < 1.29 is 14.7 Å². The zero-order chi connectivity index (χ0) is 34.0. The molecule has 48 heavy (non-hydrogen) atoms. The molecule has 0 spiro atoms. The quantitative estimate of drug-likeness (QED) is 0.291. The van der Waals surface area contributed by atoms with E-state index in [4.69, 9.17) is 10.1 Å². The Labute approximate surface area is 280 Å². The smallest absolute Gasteiger partial charge is 0.299 e. The van der Waals surface area contributed by atoms with Gasteiger partial charge in [-0.3, -0.25) is 19.4 Å². The first-order valence-corrected chi connectivity index (χ1v) is 16.8. The Kier molecular flexibility index (Phi) is 9.34. The molecule has 4 heterocycles. The molecule has 3 aromatic heterocycles. The van der Waals surface area contributed by atoms with Crippen LogP contribution in [0.3, 0.4) is 0 Å². The molecule has 12 heteroatoms. The molecule has 1 saturated heterocycles. The van der Waals surface area contributed by atoms with Crippen LogP contribution in [0.1, 0.15) is 87.2 Å². The van der Waals surface area contributed by atoms with Crippen LogP contribution in [0.15, 0.2) is 53.6 Å². The molecule has 1 aliphatic heterocycles. The highest BCUT2D eigenvalue weighted by atomic mass is 16.3. The number of aromatic nitrogens is 5. The molecule has 1 aromatic carbocycles. The molecule has 0 unspecified atom stereocenters. The van der Waals surface area contributed by atoms with Crippen molar-refractivity contribution in [3.8, 4) is 5.75 Å². The summed E-state index contributed by atoms with van der Waals surface area (Å²) in [7, 11) is 0. The van der Waals surface area contributed by atoms with Gasteiger partial charge in [-0.15, -0.1) is 5.10 Å². The number of nitrogens with one attached hydrogen (secondary N) is 1. The van der Waals surface area contributed by atoms with Gasteiger partial charge in [0.2, 0.25) is 11.7 Å². The predicted molar refractivity (Wildman–Crippen MR) is 185 cm³/mol. The zero-order valence-corrected chi connectivity index (χ0v) is 28.2. The number of hydrogen-bond acceptors (Lipinski definition) is 8. The minimum Gasteiger partial charge on any atom is -0.505 e. The van der Waals surface area contributed by atoms with E-state index < -0.39 is 0 Å². The van der Waals surface area contributed by atoms with E-state index in [1.165, 1.54) is 28.5 Å². The van der Waals surface area contributed by atoms with Crippen LogP contribution in [-0.4, -0.2) is 72.1 Å². The summed E-state index contributed by atoms with van der Waals surface area (Å²) in [5.74, 6) is 0.160. The summed E-state index contributed by atoms with van der Waals surface area (Å²) < 4.78 is 3.16. The third-order valence-corrected chi connectivity index (χ3v) is 9.24. The number of fused-ring (bicyclic) bond motifs is 1. The molecule has 6 rings (SSSR count). The summed E-state index contributed by atoms with van der Waals surface area (Å²) >= 11 is 0. The fraction of sp³-hybridized carbons (Fsp3) is 0.444. The third kappa shape index (κ3) is 6.69. The number of nitrogens with zero attached hydrogens (tertiary/aromatic N) is 7. The largest absolute Gasteiger partial charge is 0.505 e. The first-order chi connectivity index (χ1) is 23.0. The second-order valence-electron chi connectivity index (χ2n) is 13.6. The number of rotatable bonds is 7. The lowest BCUT2D eigenvalue weighted by atomic mass is 9.87. The van der Waals surface area contributed by atoms with Gasteiger partial charge in [0.25, 0.3) is 11.5 Å². The van der Waals surface area contributed by atoms with Gasteiger partial charge < -0.3 is 24.8 Å². The fourth-order valence-electron chi connectivity index (χ4n) is 6.55. The van der Waals surface area contributed by atoms with Crippen molar-refractivity contribution >= 4 is 34.5 Å². The summed E-state index contributed by atoms with van der Waals surface area (Å²) in [4.78, 5) is 53.4. The minimum absolute atomic E-state index is 0.00571. The van der Waals surface area contributed by atoms with Crippen LogP contribution >= 0.6 is 0 Å². The van der Waals surface area contributed by atoms with Crippen LogP contribution in [-0.2, 0) is 23.2 Å². The molecule has 1 aliphatic carbocycles. The standard InChI is InChI=1S/C36H44N8O4/c1-5-28-31(41-18-20-42(21-19-41)33(47)27-16-17-37-22-29(27)45)34(48)44-35(39-32(40-44)24-10-8-6-7-9-11-24)43(28)23-30(46)38-26-14-12-25(13-15-26)36(2,3)4/h10,12-17,22,45H,5-9,11,18-21,23H2,1-4H3,(H,38,46). The lowest BCUT2D eigenvalue weighted by Gasteiger charge is -2.36. The number of piperazine rings is 1. The van der Waals surface area contributed by atoms with Gasteiger partial charge in [-0.25, -0.2) is 0 Å². The van der Waals surface area contributed by atoms with Crippen molar-refractivity contribution in [1.82, 2.24) is 29.0 Å². The second kappa shape index (κ2) is 13.6. The highest BCUT2D eigenvalue weighted by Gasteiger charge is 2.30. The third-order valence-electron chi connectivity index (χ3n) is 9.24. The Morgan fingerprint density at radius 3 is 2.44 bits per heavy atom. The molecule has 2 N–H and O–H groups in total. The normalized spacial score (nSPS) is 15.7. The molecule has 12 nitrogen and oxygen atoms in total. The monoisotopic (exact) mass is 652 g/mol. The second-order valence-corrected chi connectivity index (χ2v) is 13.6. The van der Waals surface area contributed by atoms with E-state index in [0.29, 0.717) is 61.3 Å². The van der Waals surface area contributed by atoms with E-state index in [1.54, 1.807) is 4.90 Å². The van der Waals surface area contributed by atoms with E-state index >= 15 is 0 Å². The van der Waals surface area contributed by atoms with Gasteiger partial charge in [-0.05, 0) is 66.9 Å². The predicted octanol–water partition coefficient (Wildman–Crippen LogP) is 4.80. The maximum atomic E-state index is 14.3. The number of carbonyl (C=O) groups excluding carboxylic acids is 2. The zero-order valence-electron chi connectivity index (χ0n) is 28.2. The number of aromatic hydroxyl groups is 1. The van der Waals surface area contributed by atoms with Crippen LogP contribution < -0.4 is 15.8 Å². The van der Waals surface area contributed by atoms with Crippen molar-refractivity contribution in [2.24, 2.45) is 0 Å². The average Bonchev–Trinajstić information content (AvgIpc) is 3.34. The molecule has 252 valence electrons. The lowest BCUT2D eigenvalue weighted by molar-refractivity contribution is -0.116. The maximum Gasteiger partial charge on any atom is 0.299 e. The van der Waals surface area contributed by atoms with Crippen molar-refractivity contribution in [2.45, 2.75) is 78.2 Å². The Morgan fingerprint density at radius 1 is 1.00 bits per heavy atom. The maximum absolute atomic E-state index is 14.3. The van der Waals surface area contributed by atoms with Crippen molar-refractivity contribution in [1.29, 1.82) is 0 Å². The highest BCUT2D eigenvalue weighted by molar-refractivity contribution is 5.96. The number of amides is 2. The summed E-state index contributed by atoms with van der Waals surface area (Å²) in [6.07, 6.45) is 10.4. The summed E-state index contributed by atoms with van der Waals surface area (Å²) in [5.41, 5.74) is 3.92. The van der Waals surface area contributed by atoms with Gasteiger partial charge in [-0.1, -0.05) is 52.3 Å². The number of benzene rings is 1. The summed E-state index contributed by atoms with van der Waals surface area (Å²) in [6.45, 7) is 9.83. The Bertz CT molecular complexity index is 1910. The molecule has 0 bridgehead atoms. The lowest BCUT2D eigenvalue weighted by Crippen LogP contribution is -2.51. The molecule has 0 saturated carbocycles. The molecule has 1 fully saturated rings. The first-order valence-electron chi connectivity index (χ1n) is 16.8. The van der Waals surface area contributed by atoms with E-state index in [2.05, 4.69) is 37.1 Å². The van der Waals surface area contributed by atoms with Crippen molar-refractivity contribution in [3.63, 3.8) is 0 Å². The molecule has 0 radical (unpaired) electrons. The number of carbonyl (C=O) groups is 2. The van der Waals surface area contributed by atoms with Gasteiger partial charge in [0, 0.05) is 38.1 Å². The van der Waals surface area contributed by atoms with Gasteiger partial charge in [0.05, 0.1) is 17.5 Å².